The van der Waals surface area contributed by atoms with Crippen LogP contribution in [0.3, 0.4) is 0 Å². The number of non-ortho nitro benzene ring substituents is 1. The lowest BCUT2D eigenvalue weighted by Gasteiger charge is -2.21. The summed E-state index contributed by atoms with van der Waals surface area (Å²) in [5, 5.41) is 14.1. The summed E-state index contributed by atoms with van der Waals surface area (Å²) in [6.07, 6.45) is 2.09. The molecule has 0 aliphatic carbocycles. The van der Waals surface area contributed by atoms with E-state index in [1.165, 1.54) is 23.5 Å². The molecule has 9 heteroatoms. The quantitative estimate of drug-likeness (QED) is 0.668. The topological polar surface area (TPSA) is 85.1 Å². The zero-order valence-corrected chi connectivity index (χ0v) is 14.1. The normalized spacial score (nSPS) is 17.1. The predicted octanol–water partition coefficient (Wildman–Crippen LogP) is 2.73. The maximum absolute atomic E-state index is 12.4. The molecule has 1 aliphatic rings. The van der Waals surface area contributed by atoms with E-state index in [4.69, 9.17) is 0 Å². The van der Waals surface area contributed by atoms with Gasteiger partial charge in [0.05, 0.1) is 25.9 Å². The number of hydrogen-bond acceptors (Lipinski definition) is 6. The Morgan fingerprint density at radius 1 is 1.41 bits per heavy atom. The molecule has 1 aromatic heterocycles. The molecule has 1 unspecified atom stereocenters. The van der Waals surface area contributed by atoms with Crippen molar-refractivity contribution < 1.29 is 9.13 Å². The van der Waals surface area contributed by atoms with Gasteiger partial charge in [0, 0.05) is 17.9 Å². The van der Waals surface area contributed by atoms with Crippen LogP contribution in [0.15, 0.2) is 22.5 Å². The van der Waals surface area contributed by atoms with Crippen molar-refractivity contribution in [3.8, 4) is 0 Å². The van der Waals surface area contributed by atoms with Gasteiger partial charge in [-0.1, -0.05) is 0 Å². The number of hydrogen-bond donors (Lipinski definition) is 1. The van der Waals surface area contributed by atoms with E-state index in [2.05, 4.69) is 10.3 Å². The van der Waals surface area contributed by atoms with E-state index in [9.17, 15) is 14.3 Å². The Bertz CT molecular complexity index is 701. The van der Waals surface area contributed by atoms with Crippen molar-refractivity contribution >= 4 is 50.4 Å². The van der Waals surface area contributed by atoms with Gasteiger partial charge in [-0.05, 0) is 37.9 Å². The average molecular weight is 362 g/mol. The number of halogens is 1. The van der Waals surface area contributed by atoms with E-state index in [0.29, 0.717) is 21.5 Å². The molecule has 22 heavy (non-hydrogen) atoms. The van der Waals surface area contributed by atoms with Crippen LogP contribution in [0.1, 0.15) is 12.8 Å². The Morgan fingerprint density at radius 3 is 2.82 bits per heavy atom. The van der Waals surface area contributed by atoms with Crippen molar-refractivity contribution in [2.75, 3.05) is 18.8 Å². The summed E-state index contributed by atoms with van der Waals surface area (Å²) in [6, 6.07) is 4.58. The lowest BCUT2D eigenvalue weighted by molar-refractivity contribution is -0.384. The van der Waals surface area contributed by atoms with Crippen LogP contribution in [0.2, 0.25) is 0 Å². The van der Waals surface area contributed by atoms with Crippen LogP contribution in [-0.2, 0) is 10.8 Å². The zero-order chi connectivity index (χ0) is 14.8. The molecular weight excluding hydrogens is 346 g/mol. The minimum Gasteiger partial charge on any atom is -0.317 e. The third-order valence-corrected chi connectivity index (χ3v) is 6.50. The molecule has 120 valence electrons. The van der Waals surface area contributed by atoms with E-state index in [0.717, 1.165) is 30.6 Å². The highest BCUT2D eigenvalue weighted by molar-refractivity contribution is 7.87. The second-order valence-corrected chi connectivity index (χ2v) is 7.79. The number of aromatic nitrogens is 1. The molecule has 0 bridgehead atoms. The first kappa shape index (κ1) is 17.3. The third kappa shape index (κ3) is 3.81. The molecule has 1 aromatic carbocycles. The summed E-state index contributed by atoms with van der Waals surface area (Å²) >= 11 is 1.36. The van der Waals surface area contributed by atoms with E-state index in [-0.39, 0.29) is 18.1 Å². The van der Waals surface area contributed by atoms with Crippen LogP contribution < -0.4 is 5.32 Å². The standard InChI is InChI=1S/C13H15N3O3S2.ClH/c17-16(18)10-1-2-12-11(7-10)15-13(20-12)21(19)8-9-3-5-14-6-4-9;/h1-2,7,9,14H,3-6,8H2;1H. The monoisotopic (exact) mass is 361 g/mol. The van der Waals surface area contributed by atoms with Crippen LogP contribution in [-0.4, -0.2) is 33.0 Å². The Hall–Kier alpha value is -1.09. The molecule has 1 N–H and O–H groups in total. The Morgan fingerprint density at radius 2 is 2.14 bits per heavy atom. The van der Waals surface area contributed by atoms with Crippen LogP contribution in [0.4, 0.5) is 5.69 Å². The third-order valence-electron chi connectivity index (χ3n) is 3.60. The number of nitrogens with one attached hydrogen (secondary N) is 1. The van der Waals surface area contributed by atoms with E-state index < -0.39 is 15.7 Å². The largest absolute Gasteiger partial charge is 0.317 e. The van der Waals surface area contributed by atoms with Gasteiger partial charge in [-0.25, -0.2) is 4.98 Å². The van der Waals surface area contributed by atoms with Crippen LogP contribution in [0.25, 0.3) is 10.2 Å². The first-order chi connectivity index (χ1) is 10.1. The lowest BCUT2D eigenvalue weighted by Crippen LogP contribution is -2.30. The first-order valence-electron chi connectivity index (χ1n) is 6.77. The molecule has 2 heterocycles. The Labute approximate surface area is 140 Å². The summed E-state index contributed by atoms with van der Waals surface area (Å²) < 4.78 is 13.8. The van der Waals surface area contributed by atoms with Gasteiger partial charge in [0.2, 0.25) is 0 Å². The van der Waals surface area contributed by atoms with Crippen molar-refractivity contribution in [3.63, 3.8) is 0 Å². The minimum absolute atomic E-state index is 0. The number of nitro groups is 1. The zero-order valence-electron chi connectivity index (χ0n) is 11.7. The lowest BCUT2D eigenvalue weighted by atomic mass is 10.0. The van der Waals surface area contributed by atoms with Crippen molar-refractivity contribution in [1.29, 1.82) is 0 Å². The molecule has 0 radical (unpaired) electrons. The molecule has 0 saturated carbocycles. The first-order valence-corrected chi connectivity index (χ1v) is 8.91. The summed E-state index contributed by atoms with van der Waals surface area (Å²) in [5.41, 5.74) is 0.575. The molecule has 3 rings (SSSR count). The molecule has 0 spiro atoms. The van der Waals surface area contributed by atoms with E-state index >= 15 is 0 Å². The maximum Gasteiger partial charge on any atom is 0.271 e. The van der Waals surface area contributed by atoms with E-state index in [1.54, 1.807) is 6.07 Å². The molecule has 6 nitrogen and oxygen atoms in total. The fourth-order valence-electron chi connectivity index (χ4n) is 2.44. The molecular formula is C13H16ClN3O3S2. The van der Waals surface area contributed by atoms with Crippen LogP contribution >= 0.6 is 23.7 Å². The summed E-state index contributed by atoms with van der Waals surface area (Å²) in [6.45, 7) is 1.96. The Kier molecular flexibility index (Phi) is 5.85. The number of nitrogens with zero attached hydrogens (tertiary/aromatic N) is 2. The van der Waals surface area contributed by atoms with E-state index in [1.807, 2.05) is 0 Å². The van der Waals surface area contributed by atoms with Gasteiger partial charge in [-0.15, -0.1) is 23.7 Å². The highest BCUT2D eigenvalue weighted by Crippen LogP contribution is 2.28. The van der Waals surface area contributed by atoms with Crippen molar-refractivity contribution in [1.82, 2.24) is 10.3 Å². The smallest absolute Gasteiger partial charge is 0.271 e. The number of thiazole rings is 1. The number of fused-ring (bicyclic) bond motifs is 1. The summed E-state index contributed by atoms with van der Waals surface area (Å²) in [5.74, 6) is 1.09. The van der Waals surface area contributed by atoms with Gasteiger partial charge in [0.1, 0.15) is 0 Å². The average Bonchev–Trinajstić information content (AvgIpc) is 2.91. The van der Waals surface area contributed by atoms with Gasteiger partial charge < -0.3 is 5.32 Å². The second-order valence-electron chi connectivity index (χ2n) is 5.09. The Balaban J connectivity index is 0.00000176. The number of nitro benzene ring substituents is 1. The number of piperidine rings is 1. The van der Waals surface area contributed by atoms with Gasteiger partial charge in [-0.3, -0.25) is 14.3 Å². The summed E-state index contributed by atoms with van der Waals surface area (Å²) in [7, 11) is -1.12. The van der Waals surface area contributed by atoms with Gasteiger partial charge in [-0.2, -0.15) is 0 Å². The fraction of sp³-hybridized carbons (Fsp3) is 0.462. The molecule has 0 amide bonds. The number of benzene rings is 1. The van der Waals surface area contributed by atoms with Gasteiger partial charge >= 0.3 is 0 Å². The van der Waals surface area contributed by atoms with Gasteiger partial charge in [0.15, 0.2) is 4.34 Å². The molecule has 2 aromatic rings. The predicted molar refractivity (Wildman–Crippen MR) is 90.4 cm³/mol. The van der Waals surface area contributed by atoms with Crippen molar-refractivity contribution in [2.45, 2.75) is 17.2 Å². The molecule has 1 saturated heterocycles. The number of rotatable bonds is 4. The van der Waals surface area contributed by atoms with Crippen LogP contribution in [0, 0.1) is 16.0 Å². The highest BCUT2D eigenvalue weighted by atomic mass is 35.5. The second kappa shape index (κ2) is 7.45. The maximum atomic E-state index is 12.4. The van der Waals surface area contributed by atoms with Crippen LogP contribution in [0.5, 0.6) is 0 Å². The molecule has 1 atom stereocenters. The molecule has 1 aliphatic heterocycles. The molecule has 1 fully saturated rings. The van der Waals surface area contributed by atoms with Crippen molar-refractivity contribution in [3.05, 3.63) is 28.3 Å². The highest BCUT2D eigenvalue weighted by Gasteiger charge is 2.20. The fourth-order valence-corrected chi connectivity index (χ4v) is 5.07. The summed E-state index contributed by atoms with van der Waals surface area (Å²) in [4.78, 5) is 14.6. The van der Waals surface area contributed by atoms with Crippen molar-refractivity contribution in [2.24, 2.45) is 5.92 Å². The minimum atomic E-state index is -1.12. The van der Waals surface area contributed by atoms with Gasteiger partial charge in [0.25, 0.3) is 5.69 Å². The SMILES string of the molecule is Cl.O=[N+]([O-])c1ccc2sc(S(=O)CC3CCNCC3)nc2c1.